The van der Waals surface area contributed by atoms with Gasteiger partial charge in [-0.05, 0) is 44.9 Å². The Bertz CT molecular complexity index is 1130. The van der Waals surface area contributed by atoms with E-state index < -0.39 is 6.10 Å². The zero-order chi connectivity index (χ0) is 52.9. The number of hydrogen-bond donors (Lipinski definition) is 0. The predicted octanol–water partition coefficient (Wildman–Crippen LogP) is 22.4. The van der Waals surface area contributed by atoms with E-state index in [1.807, 2.05) is 0 Å². The third-order valence-electron chi connectivity index (χ3n) is 15.3. The molecule has 73 heavy (non-hydrogen) atoms. The van der Waals surface area contributed by atoms with Crippen LogP contribution in [0.15, 0.2) is 12.2 Å². The maximum atomic E-state index is 12.9. The third-order valence-corrected chi connectivity index (χ3v) is 15.3. The van der Waals surface area contributed by atoms with Crippen molar-refractivity contribution in [2.45, 2.75) is 386 Å². The molecule has 0 fully saturated rings. The van der Waals surface area contributed by atoms with Crippen molar-refractivity contribution in [2.24, 2.45) is 0 Å². The number of allylic oxidation sites excluding steroid dienone is 2. The molecular weight excluding hydrogens is 901 g/mol. The minimum atomic E-state index is -0.765. The van der Waals surface area contributed by atoms with E-state index in [2.05, 4.69) is 32.9 Å². The number of ether oxygens (including phenoxy) is 3. The maximum Gasteiger partial charge on any atom is 0.306 e. The highest BCUT2D eigenvalue weighted by atomic mass is 16.6. The largest absolute Gasteiger partial charge is 0.462 e. The van der Waals surface area contributed by atoms with Crippen molar-refractivity contribution in [3.63, 3.8) is 0 Å². The van der Waals surface area contributed by atoms with Crippen LogP contribution in [-0.4, -0.2) is 37.2 Å². The normalized spacial score (nSPS) is 12.0. The minimum absolute atomic E-state index is 0.0648. The molecule has 0 heterocycles. The van der Waals surface area contributed by atoms with Gasteiger partial charge < -0.3 is 14.2 Å². The fourth-order valence-corrected chi connectivity index (χ4v) is 10.3. The highest BCUT2D eigenvalue weighted by Crippen LogP contribution is 2.18. The first kappa shape index (κ1) is 71.2. The molecule has 0 aromatic heterocycles. The van der Waals surface area contributed by atoms with Gasteiger partial charge in [-0.25, -0.2) is 0 Å². The summed E-state index contributed by atoms with van der Waals surface area (Å²) >= 11 is 0. The van der Waals surface area contributed by atoms with Gasteiger partial charge in [0, 0.05) is 19.3 Å². The first-order valence-electron chi connectivity index (χ1n) is 33.2. The number of carbonyl (C=O) groups excluding carboxylic acids is 3. The monoisotopic (exact) mass is 1030 g/mol. The summed E-state index contributed by atoms with van der Waals surface area (Å²) in [6.45, 7) is 6.68. The maximum absolute atomic E-state index is 12.9. The average molecular weight is 1030 g/mol. The quantitative estimate of drug-likeness (QED) is 0.0261. The Kier molecular flexibility index (Phi) is 61.1. The molecule has 0 amide bonds. The summed E-state index contributed by atoms with van der Waals surface area (Å²) in [6.07, 6.45) is 74.0. The van der Waals surface area contributed by atoms with Crippen LogP contribution in [0.4, 0.5) is 0 Å². The lowest BCUT2D eigenvalue weighted by atomic mass is 10.0. The zero-order valence-corrected chi connectivity index (χ0v) is 49.7. The molecule has 0 aromatic rings. The van der Waals surface area contributed by atoms with Gasteiger partial charge in [0.05, 0.1) is 0 Å². The van der Waals surface area contributed by atoms with E-state index in [0.717, 1.165) is 57.8 Å². The predicted molar refractivity (Wildman–Crippen MR) is 317 cm³/mol. The Morgan fingerprint density at radius 1 is 0.260 bits per heavy atom. The molecule has 0 saturated heterocycles. The summed E-state index contributed by atoms with van der Waals surface area (Å²) in [6, 6.07) is 0. The van der Waals surface area contributed by atoms with E-state index in [1.165, 1.54) is 283 Å². The molecule has 0 rings (SSSR count). The number of esters is 3. The topological polar surface area (TPSA) is 78.9 Å². The third kappa shape index (κ3) is 60.9. The molecule has 0 aliphatic rings. The van der Waals surface area contributed by atoms with E-state index in [9.17, 15) is 14.4 Å². The summed E-state index contributed by atoms with van der Waals surface area (Å²) in [7, 11) is 0. The Balaban J connectivity index is 4.05. The van der Waals surface area contributed by atoms with E-state index >= 15 is 0 Å². The summed E-state index contributed by atoms with van der Waals surface area (Å²) in [5.74, 6) is -0.844. The summed E-state index contributed by atoms with van der Waals surface area (Å²) < 4.78 is 16.9. The van der Waals surface area contributed by atoms with Crippen LogP contribution in [-0.2, 0) is 28.6 Å². The van der Waals surface area contributed by atoms with Gasteiger partial charge in [0.25, 0.3) is 0 Å². The molecule has 0 aliphatic heterocycles. The van der Waals surface area contributed by atoms with Gasteiger partial charge in [-0.1, -0.05) is 328 Å². The standard InChI is InChI=1S/C67H128O6/c1-4-7-10-13-16-19-21-23-25-27-29-30-31-32-33-34-35-36-37-39-40-42-44-46-48-51-54-57-60-66(69)72-63-64(62-71-65(68)59-56-53-50-18-15-12-9-6-3)73-67(70)61-58-55-52-49-47-45-43-41-38-28-26-24-22-20-17-14-11-8-5-2/h24,26,64H,4-23,25,27-63H2,1-3H3/b26-24-. The molecule has 0 aliphatic carbocycles. The molecule has 432 valence electrons. The molecule has 0 aromatic carbocycles. The van der Waals surface area contributed by atoms with Crippen molar-refractivity contribution in [2.75, 3.05) is 13.2 Å². The van der Waals surface area contributed by atoms with Crippen LogP contribution in [0, 0.1) is 0 Å². The minimum Gasteiger partial charge on any atom is -0.462 e. The molecule has 0 bridgehead atoms. The van der Waals surface area contributed by atoms with Gasteiger partial charge >= 0.3 is 17.9 Å². The average Bonchev–Trinajstić information content (AvgIpc) is 3.39. The van der Waals surface area contributed by atoms with Crippen LogP contribution in [0.25, 0.3) is 0 Å². The van der Waals surface area contributed by atoms with Gasteiger partial charge in [0.2, 0.25) is 0 Å². The lowest BCUT2D eigenvalue weighted by Crippen LogP contribution is -2.30. The molecule has 0 spiro atoms. The first-order chi connectivity index (χ1) is 36.0. The van der Waals surface area contributed by atoms with Gasteiger partial charge in [-0.15, -0.1) is 0 Å². The second kappa shape index (κ2) is 62.7. The van der Waals surface area contributed by atoms with Crippen LogP contribution in [0.1, 0.15) is 380 Å². The van der Waals surface area contributed by atoms with Crippen LogP contribution >= 0.6 is 0 Å². The van der Waals surface area contributed by atoms with E-state index in [-0.39, 0.29) is 31.1 Å². The second-order valence-corrected chi connectivity index (χ2v) is 22.7. The Morgan fingerprint density at radius 2 is 0.452 bits per heavy atom. The summed E-state index contributed by atoms with van der Waals surface area (Å²) in [5.41, 5.74) is 0. The van der Waals surface area contributed by atoms with Crippen molar-refractivity contribution in [3.8, 4) is 0 Å². The number of unbranched alkanes of at least 4 members (excludes halogenated alkanes) is 49. The van der Waals surface area contributed by atoms with Crippen molar-refractivity contribution in [1.82, 2.24) is 0 Å². The smallest absolute Gasteiger partial charge is 0.306 e. The second-order valence-electron chi connectivity index (χ2n) is 22.7. The van der Waals surface area contributed by atoms with Crippen LogP contribution in [0.5, 0.6) is 0 Å². The molecule has 1 unspecified atom stereocenters. The Hall–Kier alpha value is -1.85. The van der Waals surface area contributed by atoms with Gasteiger partial charge in [-0.2, -0.15) is 0 Å². The van der Waals surface area contributed by atoms with Crippen LogP contribution in [0.2, 0.25) is 0 Å². The van der Waals surface area contributed by atoms with E-state index in [1.54, 1.807) is 0 Å². The Morgan fingerprint density at radius 3 is 0.685 bits per heavy atom. The molecule has 0 N–H and O–H groups in total. The van der Waals surface area contributed by atoms with Gasteiger partial charge in [0.1, 0.15) is 13.2 Å². The molecule has 6 nitrogen and oxygen atoms in total. The highest BCUT2D eigenvalue weighted by Gasteiger charge is 2.19. The van der Waals surface area contributed by atoms with Crippen LogP contribution in [0.3, 0.4) is 0 Å². The van der Waals surface area contributed by atoms with Crippen molar-refractivity contribution in [3.05, 3.63) is 12.2 Å². The van der Waals surface area contributed by atoms with E-state index in [4.69, 9.17) is 14.2 Å². The van der Waals surface area contributed by atoms with Gasteiger partial charge in [-0.3, -0.25) is 14.4 Å². The lowest BCUT2D eigenvalue weighted by molar-refractivity contribution is -0.167. The summed E-state index contributed by atoms with van der Waals surface area (Å²) in [5, 5.41) is 0. The number of hydrogen-bond acceptors (Lipinski definition) is 6. The number of rotatable bonds is 62. The highest BCUT2D eigenvalue weighted by molar-refractivity contribution is 5.71. The van der Waals surface area contributed by atoms with Gasteiger partial charge in [0.15, 0.2) is 6.10 Å². The van der Waals surface area contributed by atoms with Crippen molar-refractivity contribution < 1.29 is 28.6 Å². The fraction of sp³-hybridized carbons (Fsp3) is 0.925. The fourth-order valence-electron chi connectivity index (χ4n) is 10.3. The summed E-state index contributed by atoms with van der Waals surface area (Å²) in [4.78, 5) is 38.1. The van der Waals surface area contributed by atoms with Crippen molar-refractivity contribution in [1.29, 1.82) is 0 Å². The molecular formula is C67H128O6. The first-order valence-corrected chi connectivity index (χ1v) is 33.2. The lowest BCUT2D eigenvalue weighted by Gasteiger charge is -2.18. The molecule has 0 saturated carbocycles. The van der Waals surface area contributed by atoms with Crippen molar-refractivity contribution >= 4 is 17.9 Å². The molecule has 1 atom stereocenters. The Labute approximate surface area is 456 Å². The zero-order valence-electron chi connectivity index (χ0n) is 49.7. The van der Waals surface area contributed by atoms with Crippen LogP contribution < -0.4 is 0 Å². The molecule has 6 heteroatoms. The molecule has 0 radical (unpaired) electrons. The number of carbonyl (C=O) groups is 3. The van der Waals surface area contributed by atoms with E-state index in [0.29, 0.717) is 19.3 Å². The SMILES string of the molecule is CCCCCCCC/C=C\CCCCCCCCCCCC(=O)OC(COC(=O)CCCCCCCCCC)COC(=O)CCCCCCCCCCCCCCCCCCCCCCCCCCCCCC.